The predicted molar refractivity (Wildman–Crippen MR) is 111 cm³/mol. The van der Waals surface area contributed by atoms with Gasteiger partial charge in [-0.15, -0.1) is 0 Å². The average Bonchev–Trinajstić information content (AvgIpc) is 3.28. The van der Waals surface area contributed by atoms with Gasteiger partial charge in [0.15, 0.2) is 23.6 Å². The first-order valence-electron chi connectivity index (χ1n) is 9.56. The number of ether oxygens (including phenoxy) is 2. The van der Waals surface area contributed by atoms with Gasteiger partial charge in [0, 0.05) is 11.8 Å². The van der Waals surface area contributed by atoms with Crippen molar-refractivity contribution < 1.29 is 23.9 Å². The Kier molecular flexibility index (Phi) is 5.28. The van der Waals surface area contributed by atoms with Crippen LogP contribution in [0.3, 0.4) is 0 Å². The lowest BCUT2D eigenvalue weighted by Crippen LogP contribution is -2.43. The molecule has 3 amide bonds. The molecule has 1 fully saturated rings. The molecular weight excluding hydrogens is 402 g/mol. The number of benzene rings is 2. The maximum absolute atomic E-state index is 13.1. The molecule has 10 heteroatoms. The molecule has 2 aromatic carbocycles. The largest absolute Gasteiger partial charge is 0.493 e. The lowest BCUT2D eigenvalue weighted by Gasteiger charge is -2.20. The van der Waals surface area contributed by atoms with Crippen LogP contribution in [0, 0.1) is 6.92 Å². The fourth-order valence-corrected chi connectivity index (χ4v) is 3.56. The highest BCUT2D eigenvalue weighted by Gasteiger charge is 2.55. The number of aryl methyl sites for hydroxylation is 1. The summed E-state index contributed by atoms with van der Waals surface area (Å²) < 4.78 is 10.5. The lowest BCUT2D eigenvalue weighted by molar-refractivity contribution is -0.123. The maximum Gasteiger partial charge on any atom is 0.263 e. The SMILES string of the molecule is COc1ccc(N2C(=O)[C@@H]3N=NN(CC(=O)Nc4ccc(C)cc4)[C@H]3C2=O)cc1OC. The van der Waals surface area contributed by atoms with Crippen LogP contribution in [0.1, 0.15) is 5.56 Å². The van der Waals surface area contributed by atoms with Gasteiger partial charge in [-0.3, -0.25) is 19.4 Å². The molecular formula is C21H21N5O5. The van der Waals surface area contributed by atoms with Crippen LogP contribution in [0.25, 0.3) is 0 Å². The molecule has 0 unspecified atom stereocenters. The second-order valence-corrected chi connectivity index (χ2v) is 7.16. The number of carbonyl (C=O) groups excluding carboxylic acids is 3. The number of anilines is 2. The first-order chi connectivity index (χ1) is 14.9. The van der Waals surface area contributed by atoms with E-state index in [1.807, 2.05) is 19.1 Å². The van der Waals surface area contributed by atoms with Crippen molar-refractivity contribution in [2.75, 3.05) is 31.0 Å². The van der Waals surface area contributed by atoms with E-state index in [9.17, 15) is 14.4 Å². The van der Waals surface area contributed by atoms with Gasteiger partial charge in [-0.1, -0.05) is 22.9 Å². The van der Waals surface area contributed by atoms with Crippen molar-refractivity contribution in [3.63, 3.8) is 0 Å². The standard InChI is InChI=1S/C21H21N5O5/c1-12-4-6-13(7-5-12)22-17(27)11-25-19-18(23-24-25)20(28)26(21(19)29)14-8-9-15(30-2)16(10-14)31-3/h4-10,18-19H,11H2,1-3H3,(H,22,27)/t18-,19-/m1/s1. The van der Waals surface area contributed by atoms with Gasteiger partial charge in [-0.25, -0.2) is 4.90 Å². The van der Waals surface area contributed by atoms with E-state index in [4.69, 9.17) is 9.47 Å². The minimum absolute atomic E-state index is 0.211. The highest BCUT2D eigenvalue weighted by Crippen LogP contribution is 2.36. The van der Waals surface area contributed by atoms with Crippen LogP contribution in [-0.2, 0) is 14.4 Å². The Balaban J connectivity index is 1.50. The number of imide groups is 1. The topological polar surface area (TPSA) is 113 Å². The van der Waals surface area contributed by atoms with Crippen LogP contribution in [0.5, 0.6) is 11.5 Å². The molecule has 2 aliphatic rings. The van der Waals surface area contributed by atoms with E-state index >= 15 is 0 Å². The number of hydrogen-bond acceptors (Lipinski definition) is 8. The Bertz CT molecular complexity index is 1070. The second-order valence-electron chi connectivity index (χ2n) is 7.16. The van der Waals surface area contributed by atoms with Crippen LogP contribution in [0.4, 0.5) is 11.4 Å². The molecule has 0 bridgehead atoms. The molecule has 4 rings (SSSR count). The van der Waals surface area contributed by atoms with Crippen LogP contribution < -0.4 is 19.7 Å². The normalized spacial score (nSPS) is 19.6. The minimum atomic E-state index is -0.993. The zero-order chi connectivity index (χ0) is 22.1. The summed E-state index contributed by atoms with van der Waals surface area (Å²) in [5, 5.41) is 11.8. The van der Waals surface area contributed by atoms with E-state index in [0.29, 0.717) is 22.9 Å². The molecule has 2 atom stereocenters. The molecule has 1 N–H and O–H groups in total. The number of fused-ring (bicyclic) bond motifs is 1. The third-order valence-corrected chi connectivity index (χ3v) is 5.12. The molecule has 0 saturated carbocycles. The van der Waals surface area contributed by atoms with E-state index in [1.165, 1.54) is 19.2 Å². The quantitative estimate of drug-likeness (QED) is 0.711. The van der Waals surface area contributed by atoms with Crippen molar-refractivity contribution in [3.8, 4) is 11.5 Å². The van der Waals surface area contributed by atoms with Gasteiger partial charge in [0.1, 0.15) is 6.54 Å². The van der Waals surface area contributed by atoms with Crippen LogP contribution in [-0.4, -0.2) is 55.6 Å². The number of nitrogens with one attached hydrogen (secondary N) is 1. The fourth-order valence-electron chi connectivity index (χ4n) is 3.56. The van der Waals surface area contributed by atoms with Crippen molar-refractivity contribution in [3.05, 3.63) is 48.0 Å². The van der Waals surface area contributed by atoms with E-state index < -0.39 is 23.9 Å². The number of carbonyl (C=O) groups is 3. The molecule has 0 spiro atoms. The zero-order valence-electron chi connectivity index (χ0n) is 17.2. The Morgan fingerprint density at radius 2 is 1.74 bits per heavy atom. The van der Waals surface area contributed by atoms with Gasteiger partial charge in [0.25, 0.3) is 11.8 Å². The molecule has 2 heterocycles. The summed E-state index contributed by atoms with van der Waals surface area (Å²) in [4.78, 5) is 39.4. The van der Waals surface area contributed by atoms with E-state index in [2.05, 4.69) is 15.7 Å². The number of rotatable bonds is 6. The summed E-state index contributed by atoms with van der Waals surface area (Å²) in [6.07, 6.45) is 0. The number of amides is 3. The maximum atomic E-state index is 13.1. The smallest absolute Gasteiger partial charge is 0.263 e. The van der Waals surface area contributed by atoms with E-state index in [-0.39, 0.29) is 12.5 Å². The van der Waals surface area contributed by atoms with E-state index in [1.54, 1.807) is 30.3 Å². The number of hydrogen-bond donors (Lipinski definition) is 1. The van der Waals surface area contributed by atoms with Crippen molar-refractivity contribution in [1.82, 2.24) is 5.01 Å². The monoisotopic (exact) mass is 423 g/mol. The Morgan fingerprint density at radius 3 is 2.42 bits per heavy atom. The summed E-state index contributed by atoms with van der Waals surface area (Å²) >= 11 is 0. The fraction of sp³-hybridized carbons (Fsp3) is 0.286. The predicted octanol–water partition coefficient (Wildman–Crippen LogP) is 1.94. The van der Waals surface area contributed by atoms with Crippen molar-refractivity contribution in [1.29, 1.82) is 0 Å². The molecule has 0 aliphatic carbocycles. The number of nitrogens with zero attached hydrogens (tertiary/aromatic N) is 4. The van der Waals surface area contributed by atoms with Crippen LogP contribution in [0.15, 0.2) is 52.8 Å². The average molecular weight is 423 g/mol. The zero-order valence-corrected chi connectivity index (χ0v) is 17.2. The third-order valence-electron chi connectivity index (χ3n) is 5.12. The van der Waals surface area contributed by atoms with E-state index in [0.717, 1.165) is 10.5 Å². The molecule has 10 nitrogen and oxygen atoms in total. The summed E-state index contributed by atoms with van der Waals surface area (Å²) in [5.74, 6) is -0.524. The molecule has 2 aromatic rings. The van der Waals surface area contributed by atoms with Gasteiger partial charge in [-0.2, -0.15) is 5.11 Å². The molecule has 0 aromatic heterocycles. The molecule has 31 heavy (non-hydrogen) atoms. The van der Waals surface area contributed by atoms with Gasteiger partial charge in [-0.05, 0) is 31.2 Å². The molecule has 1 saturated heterocycles. The van der Waals surface area contributed by atoms with Gasteiger partial charge in [0.05, 0.1) is 19.9 Å². The Labute approximate surface area is 178 Å². The molecule has 160 valence electrons. The summed E-state index contributed by atoms with van der Waals surface area (Å²) in [5.41, 5.74) is 2.03. The highest BCUT2D eigenvalue weighted by molar-refractivity contribution is 6.25. The lowest BCUT2D eigenvalue weighted by atomic mass is 10.1. The summed E-state index contributed by atoms with van der Waals surface area (Å²) in [6.45, 7) is 1.74. The van der Waals surface area contributed by atoms with Gasteiger partial charge >= 0.3 is 0 Å². The summed E-state index contributed by atoms with van der Waals surface area (Å²) in [7, 11) is 2.96. The Hall–Kier alpha value is -3.95. The van der Waals surface area contributed by atoms with Gasteiger partial charge in [0.2, 0.25) is 5.91 Å². The van der Waals surface area contributed by atoms with Crippen LogP contribution in [0.2, 0.25) is 0 Å². The van der Waals surface area contributed by atoms with Crippen molar-refractivity contribution in [2.45, 2.75) is 19.0 Å². The first-order valence-corrected chi connectivity index (χ1v) is 9.56. The first kappa shape index (κ1) is 20.3. The highest BCUT2D eigenvalue weighted by atomic mass is 16.5. The molecule has 2 aliphatic heterocycles. The second kappa shape index (κ2) is 8.05. The van der Waals surface area contributed by atoms with Gasteiger partial charge < -0.3 is 14.8 Å². The molecule has 0 radical (unpaired) electrons. The summed E-state index contributed by atoms with van der Waals surface area (Å²) in [6, 6.07) is 10.1. The number of methoxy groups -OCH3 is 2. The van der Waals surface area contributed by atoms with Crippen LogP contribution >= 0.6 is 0 Å². The van der Waals surface area contributed by atoms with Crippen molar-refractivity contribution >= 4 is 29.1 Å². The third kappa shape index (κ3) is 3.67. The minimum Gasteiger partial charge on any atom is -0.493 e. The van der Waals surface area contributed by atoms with Crippen molar-refractivity contribution in [2.24, 2.45) is 10.3 Å². The Morgan fingerprint density at radius 1 is 1.03 bits per heavy atom.